The van der Waals surface area contributed by atoms with E-state index in [4.69, 9.17) is 23.2 Å². The summed E-state index contributed by atoms with van der Waals surface area (Å²) in [6, 6.07) is 6.33. The van der Waals surface area contributed by atoms with Crippen LogP contribution in [0.25, 0.3) is 22.8 Å². The lowest BCUT2D eigenvalue weighted by molar-refractivity contribution is 0.0924. The number of carbonyl (C=O) groups excluding carboxylic acids is 1. The normalized spacial score (nSPS) is 13.4. The van der Waals surface area contributed by atoms with Crippen LogP contribution < -0.4 is 5.32 Å². The van der Waals surface area contributed by atoms with Crippen molar-refractivity contribution in [3.05, 3.63) is 46.2 Å². The van der Waals surface area contributed by atoms with Crippen LogP contribution in [-0.4, -0.2) is 37.3 Å². The van der Waals surface area contributed by atoms with Crippen molar-refractivity contribution in [1.29, 1.82) is 0 Å². The molecule has 126 valence electrons. The van der Waals surface area contributed by atoms with Crippen LogP contribution >= 0.6 is 23.2 Å². The van der Waals surface area contributed by atoms with Crippen LogP contribution in [0.2, 0.25) is 10.0 Å². The van der Waals surface area contributed by atoms with Gasteiger partial charge in [0.15, 0.2) is 5.82 Å². The predicted octanol–water partition coefficient (Wildman–Crippen LogP) is 2.76. The Bertz CT molecular complexity index is 1000. The molecule has 9 heteroatoms. The minimum atomic E-state index is -0.168. The van der Waals surface area contributed by atoms with Gasteiger partial charge in [0.05, 0.1) is 22.8 Å². The number of nitrogens with zero attached hydrogens (tertiary/aromatic N) is 4. The summed E-state index contributed by atoms with van der Waals surface area (Å²) in [5.41, 5.74) is 1.87. The number of hydrogen-bond acceptors (Lipinski definition) is 5. The largest absolute Gasteiger partial charge is 0.506 e. The average Bonchev–Trinajstić information content (AvgIpc) is 3.04. The predicted molar refractivity (Wildman–Crippen MR) is 92.7 cm³/mol. The molecule has 2 aromatic heterocycles. The topological polar surface area (TPSA) is 92.9 Å². The maximum Gasteiger partial charge on any atom is 0.269 e. The molecule has 0 unspecified atom stereocenters. The Labute approximate surface area is 152 Å². The molecule has 2 N–H and O–H groups in total. The van der Waals surface area contributed by atoms with E-state index in [1.165, 1.54) is 12.1 Å². The Morgan fingerprint density at radius 2 is 2.04 bits per heavy atom. The number of amides is 1. The van der Waals surface area contributed by atoms with Gasteiger partial charge in [-0.3, -0.25) is 9.48 Å². The van der Waals surface area contributed by atoms with Crippen molar-refractivity contribution in [2.75, 3.05) is 6.54 Å². The summed E-state index contributed by atoms with van der Waals surface area (Å²) in [6.07, 6.45) is 1.55. The van der Waals surface area contributed by atoms with E-state index in [0.29, 0.717) is 40.8 Å². The molecule has 0 saturated carbocycles. The third-order valence-electron chi connectivity index (χ3n) is 3.81. The molecule has 3 heterocycles. The zero-order valence-corrected chi connectivity index (χ0v) is 14.2. The molecule has 1 aliphatic heterocycles. The molecule has 0 saturated heterocycles. The summed E-state index contributed by atoms with van der Waals surface area (Å²) in [5.74, 6) is -0.0555. The molecule has 0 fully saturated rings. The first-order valence-corrected chi connectivity index (χ1v) is 8.16. The minimum Gasteiger partial charge on any atom is -0.506 e. The summed E-state index contributed by atoms with van der Waals surface area (Å²) in [6.45, 7) is 1.14. The lowest BCUT2D eigenvalue weighted by Crippen LogP contribution is -2.35. The van der Waals surface area contributed by atoms with E-state index in [0.717, 1.165) is 0 Å². The number of phenolic OH excluding ortho intramolecular Hbond substituents is 1. The molecule has 0 spiro atoms. The van der Waals surface area contributed by atoms with Gasteiger partial charge in [-0.15, -0.1) is 0 Å². The van der Waals surface area contributed by atoms with Gasteiger partial charge in [-0.2, -0.15) is 5.10 Å². The van der Waals surface area contributed by atoms with Crippen molar-refractivity contribution in [3.8, 4) is 28.5 Å². The van der Waals surface area contributed by atoms with Crippen molar-refractivity contribution in [2.45, 2.75) is 6.54 Å². The third-order valence-corrected chi connectivity index (χ3v) is 4.32. The monoisotopic (exact) mass is 375 g/mol. The first-order valence-electron chi connectivity index (χ1n) is 7.41. The number of aromatic hydroxyl groups is 1. The van der Waals surface area contributed by atoms with Crippen LogP contribution in [0.4, 0.5) is 0 Å². The fraction of sp³-hybridized carbons (Fsp3) is 0.125. The molecule has 0 bridgehead atoms. The highest BCUT2D eigenvalue weighted by molar-refractivity contribution is 6.36. The van der Waals surface area contributed by atoms with E-state index in [1.807, 2.05) is 0 Å². The summed E-state index contributed by atoms with van der Waals surface area (Å²) >= 11 is 12.0. The Balaban J connectivity index is 1.80. The number of phenols is 1. The zero-order valence-electron chi connectivity index (χ0n) is 12.7. The molecule has 1 aliphatic rings. The lowest BCUT2D eigenvalue weighted by atomic mass is 10.1. The first kappa shape index (κ1) is 15.9. The Morgan fingerprint density at radius 3 is 2.84 bits per heavy atom. The quantitative estimate of drug-likeness (QED) is 0.718. The Morgan fingerprint density at radius 1 is 1.20 bits per heavy atom. The maximum atomic E-state index is 11.9. The summed E-state index contributed by atoms with van der Waals surface area (Å²) in [4.78, 5) is 20.5. The number of halogens is 2. The smallest absolute Gasteiger partial charge is 0.269 e. The minimum absolute atomic E-state index is 0.116. The number of hydrogen-bond donors (Lipinski definition) is 2. The van der Waals surface area contributed by atoms with E-state index in [9.17, 15) is 9.90 Å². The van der Waals surface area contributed by atoms with E-state index in [1.54, 1.807) is 23.0 Å². The molecule has 1 amide bonds. The molecule has 1 aromatic carbocycles. The van der Waals surface area contributed by atoms with Gasteiger partial charge >= 0.3 is 0 Å². The van der Waals surface area contributed by atoms with Gasteiger partial charge in [-0.1, -0.05) is 23.2 Å². The number of rotatable bonds is 2. The van der Waals surface area contributed by atoms with Crippen LogP contribution in [0, 0.1) is 0 Å². The second-order valence-corrected chi connectivity index (χ2v) is 6.29. The molecule has 7 nitrogen and oxygen atoms in total. The average molecular weight is 376 g/mol. The first-order chi connectivity index (χ1) is 12.0. The Kier molecular flexibility index (Phi) is 3.82. The van der Waals surface area contributed by atoms with Crippen molar-refractivity contribution in [3.63, 3.8) is 0 Å². The third kappa shape index (κ3) is 2.81. The number of nitrogens with one attached hydrogen (secondary N) is 1. The highest BCUT2D eigenvalue weighted by Gasteiger charge is 2.21. The van der Waals surface area contributed by atoms with Gasteiger partial charge in [0, 0.05) is 17.8 Å². The van der Waals surface area contributed by atoms with Crippen LogP contribution in [-0.2, 0) is 6.54 Å². The fourth-order valence-electron chi connectivity index (χ4n) is 2.63. The zero-order chi connectivity index (χ0) is 17.6. The molecule has 0 aliphatic carbocycles. The van der Waals surface area contributed by atoms with Gasteiger partial charge in [-0.05, 0) is 24.3 Å². The molecular formula is C16H11Cl2N5O2. The summed E-state index contributed by atoms with van der Waals surface area (Å²) in [7, 11) is 0. The van der Waals surface area contributed by atoms with Gasteiger partial charge in [0.1, 0.15) is 17.1 Å². The van der Waals surface area contributed by atoms with Crippen LogP contribution in [0.1, 0.15) is 10.5 Å². The lowest BCUT2D eigenvalue weighted by Gasteiger charge is -2.13. The maximum absolute atomic E-state index is 11.9. The number of fused-ring (bicyclic) bond motifs is 1. The van der Waals surface area contributed by atoms with Crippen LogP contribution in [0.3, 0.4) is 0 Å². The van der Waals surface area contributed by atoms with Crippen LogP contribution in [0.5, 0.6) is 5.75 Å². The van der Waals surface area contributed by atoms with Crippen molar-refractivity contribution >= 4 is 29.1 Å². The van der Waals surface area contributed by atoms with Gasteiger partial charge in [0.2, 0.25) is 0 Å². The van der Waals surface area contributed by atoms with Crippen molar-refractivity contribution in [2.24, 2.45) is 0 Å². The van der Waals surface area contributed by atoms with Crippen LogP contribution in [0.15, 0.2) is 30.5 Å². The molecule has 3 aromatic rings. The van der Waals surface area contributed by atoms with Crippen molar-refractivity contribution < 1.29 is 9.90 Å². The van der Waals surface area contributed by atoms with Gasteiger partial charge in [0.25, 0.3) is 5.91 Å². The van der Waals surface area contributed by atoms with E-state index in [2.05, 4.69) is 20.4 Å². The highest BCUT2D eigenvalue weighted by Crippen LogP contribution is 2.36. The van der Waals surface area contributed by atoms with Crippen molar-refractivity contribution in [1.82, 2.24) is 25.1 Å². The fourth-order valence-corrected chi connectivity index (χ4v) is 3.12. The summed E-state index contributed by atoms with van der Waals surface area (Å²) < 4.78 is 1.64. The molecule has 0 radical (unpaired) electrons. The van der Waals surface area contributed by atoms with Gasteiger partial charge in [-0.25, -0.2) is 9.97 Å². The second-order valence-electron chi connectivity index (χ2n) is 5.44. The standard InChI is InChI=1S/C16H11Cl2N5O2/c17-8-5-9(14(24)10(18)6-8)15-19-2-1-11(21-15)12-7-13-16(25)20-3-4-23(13)22-12/h1-2,5-7,24H,3-4H2,(H,20,25). The number of aromatic nitrogens is 4. The van der Waals surface area contributed by atoms with Gasteiger partial charge < -0.3 is 10.4 Å². The number of benzene rings is 1. The highest BCUT2D eigenvalue weighted by atomic mass is 35.5. The second kappa shape index (κ2) is 6.02. The van der Waals surface area contributed by atoms with E-state index >= 15 is 0 Å². The molecule has 25 heavy (non-hydrogen) atoms. The molecule has 4 rings (SSSR count). The number of carbonyl (C=O) groups is 1. The molecule has 0 atom stereocenters. The Hall–Kier alpha value is -2.64. The SMILES string of the molecule is O=C1NCCn2nc(-c3ccnc(-c4cc(Cl)cc(Cl)c4O)n3)cc21. The summed E-state index contributed by atoms with van der Waals surface area (Å²) in [5, 5.41) is 17.8. The molecular weight excluding hydrogens is 365 g/mol. The van der Waals surface area contributed by atoms with E-state index < -0.39 is 0 Å². The van der Waals surface area contributed by atoms with E-state index in [-0.39, 0.29) is 22.5 Å².